The molecule has 4 N–H and O–H groups in total. The summed E-state index contributed by atoms with van der Waals surface area (Å²) in [7, 11) is 0. The smallest absolute Gasteiger partial charge is 0.325 e. The van der Waals surface area contributed by atoms with Crippen molar-refractivity contribution in [2.45, 2.75) is 13.1 Å². The summed E-state index contributed by atoms with van der Waals surface area (Å²) < 4.78 is 14.7. The van der Waals surface area contributed by atoms with Crippen molar-refractivity contribution >= 4 is 17.6 Å². The number of aliphatic carboxylic acids is 1. The van der Waals surface area contributed by atoms with Gasteiger partial charge in [0.1, 0.15) is 18.1 Å². The van der Waals surface area contributed by atoms with Gasteiger partial charge in [-0.2, -0.15) is 0 Å². The third kappa shape index (κ3) is 3.75. The maximum absolute atomic E-state index is 13.5. The number of carboxylic acid groups (broad SMARTS) is 1. The summed E-state index contributed by atoms with van der Waals surface area (Å²) in [5.41, 5.74) is 5.84. The Labute approximate surface area is 118 Å². The van der Waals surface area contributed by atoms with E-state index in [2.05, 4.69) is 15.6 Å². The zero-order valence-corrected chi connectivity index (χ0v) is 10.8. The van der Waals surface area contributed by atoms with Gasteiger partial charge < -0.3 is 16.2 Å². The molecule has 110 valence electrons. The van der Waals surface area contributed by atoms with Crippen LogP contribution in [0.4, 0.5) is 10.1 Å². The van der Waals surface area contributed by atoms with Crippen molar-refractivity contribution in [1.29, 1.82) is 0 Å². The van der Waals surface area contributed by atoms with E-state index in [0.717, 1.165) is 10.7 Å². The molecule has 8 nitrogen and oxygen atoms in total. The molecule has 0 spiro atoms. The van der Waals surface area contributed by atoms with Crippen LogP contribution in [-0.4, -0.2) is 32.0 Å². The number of anilines is 1. The van der Waals surface area contributed by atoms with Crippen molar-refractivity contribution < 1.29 is 19.1 Å². The van der Waals surface area contributed by atoms with E-state index in [0.29, 0.717) is 5.69 Å². The van der Waals surface area contributed by atoms with Crippen molar-refractivity contribution in [2.75, 3.05) is 5.73 Å². The quantitative estimate of drug-likeness (QED) is 0.667. The van der Waals surface area contributed by atoms with Crippen LogP contribution in [0.5, 0.6) is 0 Å². The summed E-state index contributed by atoms with van der Waals surface area (Å²) in [5.74, 6) is -2.40. The van der Waals surface area contributed by atoms with Crippen LogP contribution in [0.2, 0.25) is 0 Å². The lowest BCUT2D eigenvalue weighted by Gasteiger charge is -2.04. The molecule has 0 aliphatic heterocycles. The molecule has 0 unspecified atom stereocenters. The normalized spacial score (nSPS) is 10.3. The average molecular weight is 293 g/mol. The van der Waals surface area contributed by atoms with Gasteiger partial charge in [0.2, 0.25) is 0 Å². The molecule has 0 fully saturated rings. The third-order valence-corrected chi connectivity index (χ3v) is 2.55. The first kappa shape index (κ1) is 14.4. The van der Waals surface area contributed by atoms with Crippen LogP contribution in [0.15, 0.2) is 24.4 Å². The van der Waals surface area contributed by atoms with Crippen LogP contribution in [0, 0.1) is 5.82 Å². The van der Waals surface area contributed by atoms with Crippen molar-refractivity contribution in [3.05, 3.63) is 41.5 Å². The summed E-state index contributed by atoms with van der Waals surface area (Å²) in [6.07, 6.45) is 1.38. The number of halogens is 1. The highest BCUT2D eigenvalue weighted by Gasteiger charge is 2.12. The largest absolute Gasteiger partial charge is 0.480 e. The molecule has 1 heterocycles. The maximum Gasteiger partial charge on any atom is 0.325 e. The number of nitrogens with two attached hydrogens (primary N) is 1. The molecule has 0 saturated heterocycles. The van der Waals surface area contributed by atoms with E-state index in [1.54, 1.807) is 0 Å². The molecule has 0 saturated carbocycles. The lowest BCUT2D eigenvalue weighted by Crippen LogP contribution is -2.24. The number of hydrogen-bond acceptors (Lipinski definition) is 5. The lowest BCUT2D eigenvalue weighted by molar-refractivity contribution is -0.137. The van der Waals surface area contributed by atoms with Crippen molar-refractivity contribution in [2.24, 2.45) is 0 Å². The summed E-state index contributed by atoms with van der Waals surface area (Å²) in [5, 5.41) is 18.3. The number of nitrogens with zero attached hydrogens (tertiary/aromatic N) is 3. The van der Waals surface area contributed by atoms with Gasteiger partial charge in [0.15, 0.2) is 0 Å². The van der Waals surface area contributed by atoms with E-state index >= 15 is 0 Å². The van der Waals surface area contributed by atoms with Gasteiger partial charge in [-0.15, -0.1) is 5.10 Å². The Morgan fingerprint density at radius 3 is 2.86 bits per heavy atom. The maximum atomic E-state index is 13.5. The van der Waals surface area contributed by atoms with Crippen LogP contribution in [0.25, 0.3) is 0 Å². The number of nitrogen functional groups attached to an aromatic ring is 1. The highest BCUT2D eigenvalue weighted by Crippen LogP contribution is 2.11. The van der Waals surface area contributed by atoms with Gasteiger partial charge in [-0.25, -0.2) is 9.07 Å². The summed E-state index contributed by atoms with van der Waals surface area (Å²) in [6.45, 7) is -0.324. The Balaban J connectivity index is 1.97. The molecule has 1 aromatic carbocycles. The molecule has 2 rings (SSSR count). The molecule has 0 aliphatic rings. The van der Waals surface area contributed by atoms with Crippen molar-refractivity contribution in [3.8, 4) is 0 Å². The van der Waals surface area contributed by atoms with E-state index in [9.17, 15) is 14.0 Å². The van der Waals surface area contributed by atoms with E-state index in [-0.39, 0.29) is 24.3 Å². The fraction of sp³-hybridized carbons (Fsp3) is 0.167. The predicted octanol–water partition coefficient (Wildman–Crippen LogP) is 0.0140. The molecule has 0 atom stereocenters. The minimum atomic E-state index is -1.06. The third-order valence-electron chi connectivity index (χ3n) is 2.55. The molecule has 21 heavy (non-hydrogen) atoms. The van der Waals surface area contributed by atoms with Gasteiger partial charge in [0, 0.05) is 5.69 Å². The number of carbonyl (C=O) groups is 2. The number of carbonyl (C=O) groups excluding carboxylic acids is 1. The van der Waals surface area contributed by atoms with Gasteiger partial charge in [-0.3, -0.25) is 9.59 Å². The van der Waals surface area contributed by atoms with Crippen LogP contribution in [0.3, 0.4) is 0 Å². The van der Waals surface area contributed by atoms with Gasteiger partial charge in [0.25, 0.3) is 5.91 Å². The number of carboxylic acids is 1. The fourth-order valence-corrected chi connectivity index (χ4v) is 1.62. The first-order chi connectivity index (χ1) is 9.95. The van der Waals surface area contributed by atoms with Crippen LogP contribution < -0.4 is 11.1 Å². The lowest BCUT2D eigenvalue weighted by atomic mass is 10.2. The SMILES string of the molecule is Nc1ccc(C(=O)NCc2cn(CC(=O)O)nn2)c(F)c1. The van der Waals surface area contributed by atoms with E-state index < -0.39 is 17.7 Å². The Morgan fingerprint density at radius 2 is 2.19 bits per heavy atom. The summed E-state index contributed by atoms with van der Waals surface area (Å²) >= 11 is 0. The Bertz CT molecular complexity index is 685. The van der Waals surface area contributed by atoms with Crippen molar-refractivity contribution in [1.82, 2.24) is 20.3 Å². The minimum absolute atomic E-state index is 0.00225. The van der Waals surface area contributed by atoms with Gasteiger partial charge in [-0.05, 0) is 18.2 Å². The minimum Gasteiger partial charge on any atom is -0.480 e. The van der Waals surface area contributed by atoms with Crippen molar-refractivity contribution in [3.63, 3.8) is 0 Å². The van der Waals surface area contributed by atoms with Gasteiger partial charge in [0.05, 0.1) is 18.3 Å². The standard InChI is InChI=1S/C12H12FN5O3/c13-10-3-7(14)1-2-9(10)12(21)15-4-8-5-18(17-16-8)6-11(19)20/h1-3,5H,4,6,14H2,(H,15,21)(H,19,20). The molecule has 0 aliphatic carbocycles. The summed E-state index contributed by atoms with van der Waals surface area (Å²) in [4.78, 5) is 22.3. The summed E-state index contributed by atoms with van der Waals surface area (Å²) in [6, 6.07) is 3.75. The van der Waals surface area contributed by atoms with Gasteiger partial charge in [-0.1, -0.05) is 5.21 Å². The molecule has 0 bridgehead atoms. The highest BCUT2D eigenvalue weighted by molar-refractivity contribution is 5.94. The molecule has 1 amide bonds. The number of amides is 1. The number of rotatable bonds is 5. The van der Waals surface area contributed by atoms with Gasteiger partial charge >= 0.3 is 5.97 Å². The number of nitrogens with one attached hydrogen (secondary N) is 1. The Kier molecular flexibility index (Phi) is 4.12. The predicted molar refractivity (Wildman–Crippen MR) is 69.6 cm³/mol. The average Bonchev–Trinajstić information content (AvgIpc) is 2.82. The Hall–Kier alpha value is -2.97. The molecule has 0 radical (unpaired) electrons. The number of hydrogen-bond donors (Lipinski definition) is 3. The van der Waals surface area contributed by atoms with Crippen LogP contribution in [0.1, 0.15) is 16.1 Å². The first-order valence-electron chi connectivity index (χ1n) is 5.89. The molecular formula is C12H12FN5O3. The molecule has 2 aromatic rings. The Morgan fingerprint density at radius 1 is 1.43 bits per heavy atom. The highest BCUT2D eigenvalue weighted by atomic mass is 19.1. The molecule has 1 aromatic heterocycles. The molecular weight excluding hydrogens is 281 g/mol. The number of benzene rings is 1. The zero-order valence-electron chi connectivity index (χ0n) is 10.8. The van der Waals surface area contributed by atoms with E-state index in [1.165, 1.54) is 18.3 Å². The number of aromatic nitrogens is 3. The second-order valence-corrected chi connectivity index (χ2v) is 4.22. The topological polar surface area (TPSA) is 123 Å². The van der Waals surface area contributed by atoms with Crippen LogP contribution in [-0.2, 0) is 17.9 Å². The first-order valence-corrected chi connectivity index (χ1v) is 5.89. The fourth-order valence-electron chi connectivity index (χ4n) is 1.62. The van der Waals surface area contributed by atoms with E-state index in [4.69, 9.17) is 10.8 Å². The van der Waals surface area contributed by atoms with Crippen LogP contribution >= 0.6 is 0 Å². The second kappa shape index (κ2) is 5.99. The van der Waals surface area contributed by atoms with E-state index in [1.807, 2.05) is 0 Å². The monoisotopic (exact) mass is 293 g/mol. The molecule has 9 heteroatoms. The second-order valence-electron chi connectivity index (χ2n) is 4.22. The zero-order chi connectivity index (χ0) is 15.4.